The number of carbonyl (C=O) groups is 4. The number of hydrogen-bond acceptors (Lipinski definition) is 12. The first-order valence-electron chi connectivity index (χ1n) is 18.7. The van der Waals surface area contributed by atoms with Crippen LogP contribution in [0.25, 0.3) is 0 Å². The molecule has 0 bridgehead atoms. The Kier molecular flexibility index (Phi) is 12.6. The third kappa shape index (κ3) is 9.36. The van der Waals surface area contributed by atoms with Gasteiger partial charge in [0.1, 0.15) is 11.2 Å². The van der Waals surface area contributed by atoms with Crippen molar-refractivity contribution < 1.29 is 38.2 Å². The molecule has 0 aliphatic rings. The number of nitrogens with zero attached hydrogens (tertiary/aromatic N) is 2. The highest BCUT2D eigenvalue weighted by molar-refractivity contribution is 7.14. The number of hydrogen-bond donors (Lipinski definition) is 1. The Balaban J connectivity index is 1.29. The Morgan fingerprint density at radius 2 is 1.08 bits per heavy atom. The zero-order valence-electron chi connectivity index (χ0n) is 32.4. The molecule has 0 radical (unpaired) electrons. The number of rotatable bonds is 14. The number of anilines is 1. The number of thiazole rings is 1. The molecule has 11 nitrogen and oxygen atoms in total. The van der Waals surface area contributed by atoms with Crippen molar-refractivity contribution in [3.8, 4) is 11.5 Å². The molecule has 7 rings (SSSR count). The zero-order valence-corrected chi connectivity index (χ0v) is 33.2. The first kappa shape index (κ1) is 40.5. The Bertz CT molecular complexity index is 2480. The minimum atomic E-state index is -1.02. The average Bonchev–Trinajstić information content (AvgIpc) is 3.74. The summed E-state index contributed by atoms with van der Waals surface area (Å²) in [6, 6.07) is 52.0. The molecule has 6 aromatic carbocycles. The number of aromatic nitrogens is 1. The molecule has 1 aromatic heterocycles. The molecule has 0 fully saturated rings. The van der Waals surface area contributed by atoms with Gasteiger partial charge in [-0.2, -0.15) is 0 Å². The van der Waals surface area contributed by atoms with Crippen molar-refractivity contribution in [2.45, 2.75) is 25.5 Å². The first-order valence-corrected chi connectivity index (χ1v) is 19.6. The maximum absolute atomic E-state index is 14.4. The molecule has 0 saturated carbocycles. The Hall–Kier alpha value is -7.70. The van der Waals surface area contributed by atoms with E-state index in [1.54, 1.807) is 5.38 Å². The van der Waals surface area contributed by atoms with E-state index in [4.69, 9.17) is 24.0 Å². The fraction of sp³-hybridized carbons (Fsp3) is 0.0833. The summed E-state index contributed by atoms with van der Waals surface area (Å²) in [5.41, 5.74) is 2.79. The van der Waals surface area contributed by atoms with E-state index in [9.17, 15) is 19.2 Å². The number of oxime groups is 1. The van der Waals surface area contributed by atoms with Gasteiger partial charge in [-0.05, 0) is 46.0 Å². The van der Waals surface area contributed by atoms with Crippen LogP contribution in [0.1, 0.15) is 63.8 Å². The molecule has 0 saturated heterocycles. The van der Waals surface area contributed by atoms with E-state index in [2.05, 4.69) is 10.5 Å². The highest BCUT2D eigenvalue weighted by atomic mass is 32.1. The summed E-state index contributed by atoms with van der Waals surface area (Å²) >= 11 is 1.22. The highest BCUT2D eigenvalue weighted by Crippen LogP contribution is 2.41. The van der Waals surface area contributed by atoms with E-state index < -0.39 is 41.2 Å². The summed E-state index contributed by atoms with van der Waals surface area (Å²) < 4.78 is 16.5. The summed E-state index contributed by atoms with van der Waals surface area (Å²) in [5, 5.41) is 9.81. The standard InChI is InChI=1S/C48H37N3O8S/c1-32(52)56-41-29-28-36(30-42(41)57-33(2)53)45(54)59-51-43(46(55)58-44(34-18-8-3-9-19-34)35-20-10-4-11-21-35)40-31-60-47(49-40)50-48(37-22-12-5-13-23-37,38-24-14-6-15-25-38)39-26-16-7-17-27-39/h3-31,44H,1-2H3,(H,49,50). The van der Waals surface area contributed by atoms with Crippen LogP contribution in [0.5, 0.6) is 11.5 Å². The summed E-state index contributed by atoms with van der Waals surface area (Å²) in [4.78, 5) is 61.7. The molecule has 0 aliphatic heterocycles. The largest absolute Gasteiger partial charge is 0.448 e. The predicted molar refractivity (Wildman–Crippen MR) is 227 cm³/mol. The molecule has 60 heavy (non-hydrogen) atoms. The normalized spacial score (nSPS) is 11.3. The van der Waals surface area contributed by atoms with Crippen LogP contribution in [-0.4, -0.2) is 34.6 Å². The van der Waals surface area contributed by atoms with Gasteiger partial charge in [-0.3, -0.25) is 9.59 Å². The molecule has 1 N–H and O–H groups in total. The van der Waals surface area contributed by atoms with Crippen molar-refractivity contribution in [1.29, 1.82) is 0 Å². The van der Waals surface area contributed by atoms with Crippen LogP contribution in [0.4, 0.5) is 5.13 Å². The van der Waals surface area contributed by atoms with Gasteiger partial charge in [-0.25, -0.2) is 14.6 Å². The lowest BCUT2D eigenvalue weighted by Gasteiger charge is -2.36. The van der Waals surface area contributed by atoms with Gasteiger partial charge in [0.05, 0.1) is 5.56 Å². The van der Waals surface area contributed by atoms with E-state index in [0.717, 1.165) is 29.7 Å². The van der Waals surface area contributed by atoms with E-state index in [0.29, 0.717) is 16.3 Å². The smallest absolute Gasteiger partial charge is 0.365 e. The maximum Gasteiger partial charge on any atom is 0.365 e. The van der Waals surface area contributed by atoms with Gasteiger partial charge < -0.3 is 24.4 Å². The average molecular weight is 816 g/mol. The molecule has 298 valence electrons. The van der Waals surface area contributed by atoms with Gasteiger partial charge in [0.25, 0.3) is 0 Å². The number of nitrogens with one attached hydrogen (secondary N) is 1. The van der Waals surface area contributed by atoms with Crippen molar-refractivity contribution in [3.05, 3.63) is 214 Å². The van der Waals surface area contributed by atoms with Crippen LogP contribution < -0.4 is 14.8 Å². The molecular weight excluding hydrogens is 779 g/mol. The molecule has 12 heteroatoms. The van der Waals surface area contributed by atoms with E-state index >= 15 is 0 Å². The van der Waals surface area contributed by atoms with Crippen LogP contribution >= 0.6 is 11.3 Å². The maximum atomic E-state index is 14.4. The molecular formula is C48H37N3O8S. The van der Waals surface area contributed by atoms with Crippen molar-refractivity contribution in [2.24, 2.45) is 5.16 Å². The van der Waals surface area contributed by atoms with Crippen LogP contribution in [0, 0.1) is 0 Å². The minimum Gasteiger partial charge on any atom is -0.448 e. The second-order valence-electron chi connectivity index (χ2n) is 13.3. The number of benzene rings is 6. The van der Waals surface area contributed by atoms with Gasteiger partial charge in [0, 0.05) is 19.2 Å². The quantitative estimate of drug-likeness (QED) is 0.0282. The molecule has 0 unspecified atom stereocenters. The number of esters is 3. The third-order valence-corrected chi connectivity index (χ3v) is 9.95. The van der Waals surface area contributed by atoms with Gasteiger partial charge in [0.15, 0.2) is 22.7 Å². The Morgan fingerprint density at radius 3 is 1.57 bits per heavy atom. The molecule has 1 heterocycles. The Labute approximate surface area is 349 Å². The summed E-state index contributed by atoms with van der Waals surface area (Å²) in [7, 11) is 0. The lowest BCUT2D eigenvalue weighted by molar-refractivity contribution is -0.139. The molecule has 0 aliphatic carbocycles. The summed E-state index contributed by atoms with van der Waals surface area (Å²) in [5.74, 6) is -3.61. The summed E-state index contributed by atoms with van der Waals surface area (Å²) in [6.07, 6.45) is -0.862. The molecule has 0 spiro atoms. The monoisotopic (exact) mass is 815 g/mol. The van der Waals surface area contributed by atoms with Crippen molar-refractivity contribution in [1.82, 2.24) is 4.98 Å². The topological polar surface area (TPSA) is 142 Å². The lowest BCUT2D eigenvalue weighted by atomic mass is 9.77. The van der Waals surface area contributed by atoms with E-state index in [1.807, 2.05) is 152 Å². The van der Waals surface area contributed by atoms with Gasteiger partial charge in [-0.1, -0.05) is 157 Å². The van der Waals surface area contributed by atoms with Crippen molar-refractivity contribution in [2.75, 3.05) is 5.32 Å². The number of carbonyl (C=O) groups excluding carboxylic acids is 4. The number of ether oxygens (including phenoxy) is 3. The zero-order chi connectivity index (χ0) is 41.9. The van der Waals surface area contributed by atoms with E-state index in [-0.39, 0.29) is 22.8 Å². The minimum absolute atomic E-state index is 0.0640. The fourth-order valence-electron chi connectivity index (χ4n) is 6.57. The van der Waals surface area contributed by atoms with Crippen LogP contribution in [0.2, 0.25) is 0 Å². The SMILES string of the molecule is CC(=O)Oc1ccc(C(=O)ON=C(C(=O)OC(c2ccccc2)c2ccccc2)c2csc(NC(c3ccccc3)(c3ccccc3)c3ccccc3)n2)cc1OC(C)=O. The first-order chi connectivity index (χ1) is 29.2. The van der Waals surface area contributed by atoms with Crippen LogP contribution in [0.15, 0.2) is 180 Å². The highest BCUT2D eigenvalue weighted by Gasteiger charge is 2.37. The molecule has 0 amide bonds. The third-order valence-electron chi connectivity index (χ3n) is 9.19. The fourth-order valence-corrected chi connectivity index (χ4v) is 7.32. The lowest BCUT2D eigenvalue weighted by Crippen LogP contribution is -2.38. The van der Waals surface area contributed by atoms with E-state index in [1.165, 1.54) is 30.4 Å². The summed E-state index contributed by atoms with van der Waals surface area (Å²) in [6.45, 7) is 2.34. The second kappa shape index (κ2) is 18.7. The van der Waals surface area contributed by atoms with Gasteiger partial charge in [-0.15, -0.1) is 11.3 Å². The molecule has 0 atom stereocenters. The van der Waals surface area contributed by atoms with Crippen molar-refractivity contribution >= 4 is 46.1 Å². The van der Waals surface area contributed by atoms with Crippen molar-refractivity contribution in [3.63, 3.8) is 0 Å². The second-order valence-corrected chi connectivity index (χ2v) is 14.1. The van der Waals surface area contributed by atoms with Gasteiger partial charge in [0.2, 0.25) is 5.71 Å². The Morgan fingerprint density at radius 1 is 0.617 bits per heavy atom. The molecule has 7 aromatic rings. The predicted octanol–water partition coefficient (Wildman–Crippen LogP) is 9.29. The van der Waals surface area contributed by atoms with Crippen LogP contribution in [0.3, 0.4) is 0 Å². The van der Waals surface area contributed by atoms with Gasteiger partial charge >= 0.3 is 23.9 Å². The van der Waals surface area contributed by atoms with Crippen LogP contribution in [-0.2, 0) is 29.5 Å².